The normalized spacial score (nSPS) is 16.0. The zero-order valence-corrected chi connectivity index (χ0v) is 9.16. The summed E-state index contributed by atoms with van der Waals surface area (Å²) >= 11 is 1.94. The van der Waals surface area contributed by atoms with Gasteiger partial charge in [0.2, 0.25) is 0 Å². The summed E-state index contributed by atoms with van der Waals surface area (Å²) in [4.78, 5) is 0. The molecule has 0 saturated carbocycles. The van der Waals surface area contributed by atoms with Crippen molar-refractivity contribution in [3.05, 3.63) is 0 Å². The van der Waals surface area contributed by atoms with Crippen LogP contribution in [0.15, 0.2) is 0 Å². The molecule has 0 rings (SSSR count). The molecule has 0 saturated heterocycles. The molecule has 0 bridgehead atoms. The van der Waals surface area contributed by atoms with E-state index in [0.717, 1.165) is 12.2 Å². The maximum absolute atomic E-state index is 8.58. The van der Waals surface area contributed by atoms with Crippen molar-refractivity contribution in [2.75, 3.05) is 19.4 Å². The summed E-state index contributed by atoms with van der Waals surface area (Å²) in [6.07, 6.45) is 2.12. The molecule has 0 fully saturated rings. The van der Waals surface area contributed by atoms with Crippen molar-refractivity contribution in [3.8, 4) is 0 Å². The van der Waals surface area contributed by atoms with Crippen molar-refractivity contribution in [3.63, 3.8) is 0 Å². The van der Waals surface area contributed by atoms with E-state index in [4.69, 9.17) is 5.11 Å². The average molecular weight is 191 g/mol. The first-order valence-corrected chi connectivity index (χ1v) is 5.65. The lowest BCUT2D eigenvalue weighted by Crippen LogP contribution is -2.24. The van der Waals surface area contributed by atoms with Crippen LogP contribution in [-0.4, -0.2) is 35.8 Å². The molecule has 12 heavy (non-hydrogen) atoms. The lowest BCUT2D eigenvalue weighted by atomic mass is 10.2. The Bertz CT molecular complexity index is 101. The SMILES string of the molecule is CNC(C)CC(C)SCCCO. The number of rotatable bonds is 7. The molecule has 0 amide bonds. The van der Waals surface area contributed by atoms with E-state index in [1.165, 1.54) is 6.42 Å². The average Bonchev–Trinajstić information content (AvgIpc) is 2.05. The van der Waals surface area contributed by atoms with E-state index in [0.29, 0.717) is 17.9 Å². The minimum Gasteiger partial charge on any atom is -0.396 e. The molecule has 0 aliphatic carbocycles. The highest BCUT2D eigenvalue weighted by atomic mass is 32.2. The molecule has 3 heteroatoms. The Labute approximate surface area is 80.1 Å². The highest BCUT2D eigenvalue weighted by molar-refractivity contribution is 7.99. The monoisotopic (exact) mass is 191 g/mol. The van der Waals surface area contributed by atoms with Crippen LogP contribution >= 0.6 is 11.8 Å². The van der Waals surface area contributed by atoms with Gasteiger partial charge in [-0.2, -0.15) is 11.8 Å². The van der Waals surface area contributed by atoms with Gasteiger partial charge in [-0.25, -0.2) is 0 Å². The summed E-state index contributed by atoms with van der Waals surface area (Å²) in [6, 6.07) is 0.599. The second-order valence-electron chi connectivity index (χ2n) is 3.18. The molecule has 0 spiro atoms. The maximum atomic E-state index is 8.58. The molecule has 0 aliphatic heterocycles. The molecule has 0 aromatic carbocycles. The second-order valence-corrected chi connectivity index (χ2v) is 4.73. The van der Waals surface area contributed by atoms with Gasteiger partial charge in [0.25, 0.3) is 0 Å². The first-order valence-electron chi connectivity index (χ1n) is 4.60. The zero-order valence-electron chi connectivity index (χ0n) is 8.34. The van der Waals surface area contributed by atoms with E-state index in [2.05, 4.69) is 19.2 Å². The Morgan fingerprint density at radius 1 is 1.42 bits per heavy atom. The molecule has 2 N–H and O–H groups in total. The van der Waals surface area contributed by atoms with Crippen LogP contribution in [0.3, 0.4) is 0 Å². The van der Waals surface area contributed by atoms with Crippen LogP contribution in [0.2, 0.25) is 0 Å². The van der Waals surface area contributed by atoms with Gasteiger partial charge in [0.05, 0.1) is 0 Å². The van der Waals surface area contributed by atoms with Crippen LogP contribution in [0.1, 0.15) is 26.7 Å². The van der Waals surface area contributed by atoms with Crippen LogP contribution in [0.5, 0.6) is 0 Å². The quantitative estimate of drug-likeness (QED) is 0.598. The highest BCUT2D eigenvalue weighted by Gasteiger charge is 2.06. The van der Waals surface area contributed by atoms with Gasteiger partial charge >= 0.3 is 0 Å². The van der Waals surface area contributed by atoms with Gasteiger partial charge in [0, 0.05) is 17.9 Å². The summed E-state index contributed by atoms with van der Waals surface area (Å²) in [5.74, 6) is 1.08. The second kappa shape index (κ2) is 7.90. The standard InChI is InChI=1S/C9H21NOS/c1-8(10-3)7-9(2)12-6-4-5-11/h8-11H,4-7H2,1-3H3. The molecule has 0 heterocycles. The van der Waals surface area contributed by atoms with E-state index in [-0.39, 0.29) is 0 Å². The van der Waals surface area contributed by atoms with Crippen molar-refractivity contribution in [1.29, 1.82) is 0 Å². The highest BCUT2D eigenvalue weighted by Crippen LogP contribution is 2.16. The Morgan fingerprint density at radius 3 is 2.58 bits per heavy atom. The first-order chi connectivity index (χ1) is 5.70. The molecule has 74 valence electrons. The zero-order chi connectivity index (χ0) is 9.40. The fourth-order valence-electron chi connectivity index (χ4n) is 1.03. The lowest BCUT2D eigenvalue weighted by molar-refractivity contribution is 0.296. The van der Waals surface area contributed by atoms with E-state index in [9.17, 15) is 0 Å². The number of hydrogen-bond donors (Lipinski definition) is 2. The minimum atomic E-state index is 0.321. The van der Waals surface area contributed by atoms with Gasteiger partial charge in [-0.3, -0.25) is 0 Å². The summed E-state index contributed by atoms with van der Waals surface area (Å²) in [7, 11) is 2.00. The van der Waals surface area contributed by atoms with Crippen molar-refractivity contribution in [1.82, 2.24) is 5.32 Å². The Balaban J connectivity index is 3.26. The molecule has 0 aliphatic rings. The third-order valence-electron chi connectivity index (χ3n) is 1.88. The fourth-order valence-corrected chi connectivity index (χ4v) is 2.16. The largest absolute Gasteiger partial charge is 0.396 e. The Kier molecular flexibility index (Phi) is 8.07. The predicted molar refractivity (Wildman–Crippen MR) is 56.8 cm³/mol. The molecular formula is C9H21NOS. The van der Waals surface area contributed by atoms with Crippen molar-refractivity contribution < 1.29 is 5.11 Å². The smallest absolute Gasteiger partial charge is 0.0438 e. The summed E-state index contributed by atoms with van der Waals surface area (Å²) < 4.78 is 0. The van der Waals surface area contributed by atoms with Crippen molar-refractivity contribution in [2.45, 2.75) is 38.0 Å². The molecule has 0 aromatic rings. The molecule has 2 atom stereocenters. The number of aliphatic hydroxyl groups excluding tert-OH is 1. The molecule has 0 radical (unpaired) electrons. The van der Waals surface area contributed by atoms with E-state index >= 15 is 0 Å². The van der Waals surface area contributed by atoms with E-state index < -0.39 is 0 Å². The van der Waals surface area contributed by atoms with Crippen LogP contribution in [0, 0.1) is 0 Å². The van der Waals surface area contributed by atoms with E-state index in [1.807, 2.05) is 18.8 Å². The van der Waals surface area contributed by atoms with Gasteiger partial charge in [0.1, 0.15) is 0 Å². The summed E-state index contributed by atoms with van der Waals surface area (Å²) in [5.41, 5.74) is 0. The van der Waals surface area contributed by atoms with Gasteiger partial charge in [-0.05, 0) is 32.6 Å². The van der Waals surface area contributed by atoms with Crippen LogP contribution in [-0.2, 0) is 0 Å². The topological polar surface area (TPSA) is 32.3 Å². The molecule has 2 nitrogen and oxygen atoms in total. The summed E-state index contributed by atoms with van der Waals surface area (Å²) in [6.45, 7) is 4.76. The van der Waals surface area contributed by atoms with Crippen LogP contribution in [0.25, 0.3) is 0 Å². The number of aliphatic hydroxyl groups is 1. The minimum absolute atomic E-state index is 0.321. The number of nitrogens with one attached hydrogen (secondary N) is 1. The molecular weight excluding hydrogens is 170 g/mol. The van der Waals surface area contributed by atoms with Crippen molar-refractivity contribution >= 4 is 11.8 Å². The molecule has 0 aromatic heterocycles. The molecule has 2 unspecified atom stereocenters. The number of hydrogen-bond acceptors (Lipinski definition) is 3. The van der Waals surface area contributed by atoms with Gasteiger partial charge in [-0.1, -0.05) is 6.92 Å². The first kappa shape index (κ1) is 12.3. The van der Waals surface area contributed by atoms with Crippen molar-refractivity contribution in [2.24, 2.45) is 0 Å². The predicted octanol–water partition coefficient (Wildman–Crippen LogP) is 1.49. The third kappa shape index (κ3) is 6.95. The van der Waals surface area contributed by atoms with Crippen LogP contribution < -0.4 is 5.32 Å². The fraction of sp³-hybridized carbons (Fsp3) is 1.00. The van der Waals surface area contributed by atoms with Gasteiger partial charge in [0.15, 0.2) is 0 Å². The Morgan fingerprint density at radius 2 is 2.08 bits per heavy atom. The Hall–Kier alpha value is 0.270. The third-order valence-corrected chi connectivity index (χ3v) is 3.17. The van der Waals surface area contributed by atoms with E-state index in [1.54, 1.807) is 0 Å². The van der Waals surface area contributed by atoms with Gasteiger partial charge in [-0.15, -0.1) is 0 Å². The number of thioether (sulfide) groups is 1. The maximum Gasteiger partial charge on any atom is 0.0438 e. The van der Waals surface area contributed by atoms with Gasteiger partial charge < -0.3 is 10.4 Å². The van der Waals surface area contributed by atoms with Crippen LogP contribution in [0.4, 0.5) is 0 Å². The summed E-state index contributed by atoms with van der Waals surface area (Å²) in [5, 5.41) is 12.5. The lowest BCUT2D eigenvalue weighted by Gasteiger charge is -2.15.